The minimum absolute atomic E-state index is 0.286. The van der Waals surface area contributed by atoms with E-state index in [0.29, 0.717) is 18.3 Å². The van der Waals surface area contributed by atoms with E-state index in [4.69, 9.17) is 4.74 Å². The van der Waals surface area contributed by atoms with Gasteiger partial charge < -0.3 is 20.5 Å². The third kappa shape index (κ3) is 4.19. The van der Waals surface area contributed by atoms with Gasteiger partial charge in [-0.3, -0.25) is 4.79 Å². The number of thiazole rings is 1. The fourth-order valence-corrected chi connectivity index (χ4v) is 3.42. The molecule has 6 nitrogen and oxygen atoms in total. The summed E-state index contributed by atoms with van der Waals surface area (Å²) >= 11 is 1.40. The molecule has 3 aromatic rings. The van der Waals surface area contributed by atoms with Crippen molar-refractivity contribution in [2.45, 2.75) is 6.04 Å². The van der Waals surface area contributed by atoms with Crippen molar-refractivity contribution in [3.8, 4) is 11.3 Å². The third-order valence-electron chi connectivity index (χ3n) is 3.97. The van der Waals surface area contributed by atoms with E-state index in [9.17, 15) is 9.90 Å². The first-order chi connectivity index (χ1) is 12.7. The zero-order valence-corrected chi connectivity index (χ0v) is 15.3. The highest BCUT2D eigenvalue weighted by Crippen LogP contribution is 2.31. The van der Waals surface area contributed by atoms with Crippen LogP contribution in [0.5, 0.6) is 0 Å². The molecule has 1 aromatic heterocycles. The van der Waals surface area contributed by atoms with Crippen molar-refractivity contribution in [1.82, 2.24) is 10.3 Å². The van der Waals surface area contributed by atoms with Gasteiger partial charge in [0.2, 0.25) is 5.91 Å². The molecule has 0 unspecified atom stereocenters. The molecular formula is C19H21N3O3S. The van der Waals surface area contributed by atoms with Crippen LogP contribution in [0.2, 0.25) is 0 Å². The first kappa shape index (κ1) is 18.3. The highest BCUT2D eigenvalue weighted by molar-refractivity contribution is 7.14. The summed E-state index contributed by atoms with van der Waals surface area (Å²) in [7, 11) is 1.57. The average Bonchev–Trinajstić information content (AvgIpc) is 3.14. The van der Waals surface area contributed by atoms with Crippen molar-refractivity contribution in [2.75, 3.05) is 32.2 Å². The van der Waals surface area contributed by atoms with E-state index in [1.807, 2.05) is 29.6 Å². The molecule has 0 spiro atoms. The summed E-state index contributed by atoms with van der Waals surface area (Å²) in [5.74, 6) is -0.286. The molecule has 1 atom stereocenters. The number of aliphatic hydroxyl groups excluding tert-OH is 1. The number of hydrogen-bond acceptors (Lipinski definition) is 6. The van der Waals surface area contributed by atoms with Gasteiger partial charge in [0.15, 0.2) is 5.13 Å². The minimum atomic E-state index is -0.752. The predicted molar refractivity (Wildman–Crippen MR) is 104 cm³/mol. The smallest absolute Gasteiger partial charge is 0.245 e. The minimum Gasteiger partial charge on any atom is -0.394 e. The highest BCUT2D eigenvalue weighted by Gasteiger charge is 2.18. The zero-order valence-electron chi connectivity index (χ0n) is 14.4. The van der Waals surface area contributed by atoms with Crippen LogP contribution >= 0.6 is 11.3 Å². The van der Waals surface area contributed by atoms with Crippen LogP contribution in [0.25, 0.3) is 22.0 Å². The molecule has 26 heavy (non-hydrogen) atoms. The number of nitrogens with zero attached hydrogens (tertiary/aromatic N) is 1. The lowest BCUT2D eigenvalue weighted by Gasteiger charge is -2.15. The van der Waals surface area contributed by atoms with Crippen molar-refractivity contribution in [1.29, 1.82) is 0 Å². The van der Waals surface area contributed by atoms with Crippen molar-refractivity contribution < 1.29 is 14.6 Å². The number of fused-ring (bicyclic) bond motifs is 1. The number of carbonyl (C=O) groups excluding carboxylic acids is 1. The predicted octanol–water partition coefficient (Wildman–Crippen LogP) is 2.50. The first-order valence-electron chi connectivity index (χ1n) is 8.30. The molecule has 0 radical (unpaired) electrons. The molecule has 1 heterocycles. The normalized spacial score (nSPS) is 12.1. The van der Waals surface area contributed by atoms with Crippen LogP contribution in [-0.2, 0) is 9.53 Å². The van der Waals surface area contributed by atoms with E-state index in [0.717, 1.165) is 22.0 Å². The Hall–Kier alpha value is -2.48. The van der Waals surface area contributed by atoms with Gasteiger partial charge >= 0.3 is 0 Å². The molecule has 0 saturated carbocycles. The van der Waals surface area contributed by atoms with E-state index in [1.54, 1.807) is 7.11 Å². The first-order valence-corrected chi connectivity index (χ1v) is 9.18. The lowest BCUT2D eigenvalue weighted by molar-refractivity contribution is -0.122. The number of benzene rings is 2. The van der Waals surface area contributed by atoms with E-state index in [-0.39, 0.29) is 12.5 Å². The maximum Gasteiger partial charge on any atom is 0.245 e. The van der Waals surface area contributed by atoms with Gasteiger partial charge in [-0.25, -0.2) is 4.98 Å². The molecule has 0 aliphatic rings. The number of aromatic nitrogens is 1. The van der Waals surface area contributed by atoms with Gasteiger partial charge in [-0.2, -0.15) is 0 Å². The van der Waals surface area contributed by atoms with Gasteiger partial charge in [0.25, 0.3) is 0 Å². The number of amides is 1. The fourth-order valence-electron chi connectivity index (χ4n) is 2.66. The Kier molecular flexibility index (Phi) is 6.17. The third-order valence-corrected chi connectivity index (χ3v) is 4.75. The molecule has 3 N–H and O–H groups in total. The van der Waals surface area contributed by atoms with Gasteiger partial charge in [0.05, 0.1) is 18.9 Å². The lowest BCUT2D eigenvalue weighted by atomic mass is 10.0. The number of nitrogens with one attached hydrogen (secondary N) is 2. The van der Waals surface area contributed by atoms with Crippen LogP contribution in [0.15, 0.2) is 47.8 Å². The maximum atomic E-state index is 12.1. The Morgan fingerprint density at radius 2 is 2.08 bits per heavy atom. The summed E-state index contributed by atoms with van der Waals surface area (Å²) in [4.78, 5) is 16.7. The van der Waals surface area contributed by atoms with Crippen molar-refractivity contribution in [2.24, 2.45) is 0 Å². The Balaban J connectivity index is 1.75. The van der Waals surface area contributed by atoms with E-state index in [2.05, 4.69) is 33.8 Å². The van der Waals surface area contributed by atoms with E-state index >= 15 is 0 Å². The lowest BCUT2D eigenvalue weighted by Crippen LogP contribution is -2.43. The molecule has 0 bridgehead atoms. The summed E-state index contributed by atoms with van der Waals surface area (Å²) in [5.41, 5.74) is 1.88. The number of ether oxygens (including phenoxy) is 1. The standard InChI is InChI=1S/C19H21N3O3S/c1-25-10-9-20-18(24)16(11-23)21-19-22-17(12-26-19)15-8-4-6-13-5-2-3-7-14(13)15/h2-8,12,16,23H,9-11H2,1H3,(H,20,24)(H,21,22)/t16-/m0/s1. The molecule has 0 aliphatic carbocycles. The number of aliphatic hydroxyl groups is 1. The maximum absolute atomic E-state index is 12.1. The van der Waals surface area contributed by atoms with E-state index < -0.39 is 6.04 Å². The Bertz CT molecular complexity index is 876. The van der Waals surface area contributed by atoms with Crippen molar-refractivity contribution >= 4 is 33.1 Å². The molecule has 7 heteroatoms. The van der Waals surface area contributed by atoms with Crippen LogP contribution < -0.4 is 10.6 Å². The SMILES string of the molecule is COCCNC(=O)[C@H](CO)Nc1nc(-c2cccc3ccccc23)cs1. The largest absolute Gasteiger partial charge is 0.394 e. The Morgan fingerprint density at radius 3 is 2.88 bits per heavy atom. The Labute approximate surface area is 155 Å². The molecule has 0 aliphatic heterocycles. The number of anilines is 1. The van der Waals surface area contributed by atoms with Gasteiger partial charge in [0, 0.05) is 24.6 Å². The second kappa shape index (κ2) is 8.75. The second-order valence-electron chi connectivity index (χ2n) is 5.73. The van der Waals surface area contributed by atoms with E-state index in [1.165, 1.54) is 11.3 Å². The summed E-state index contributed by atoms with van der Waals surface area (Å²) in [6.45, 7) is 0.501. The van der Waals surface area contributed by atoms with Gasteiger partial charge in [-0.05, 0) is 10.8 Å². The number of hydrogen-bond donors (Lipinski definition) is 3. The molecular weight excluding hydrogens is 350 g/mol. The molecule has 2 aromatic carbocycles. The molecule has 3 rings (SSSR count). The van der Waals surface area contributed by atoms with Crippen LogP contribution in [0.4, 0.5) is 5.13 Å². The fraction of sp³-hybridized carbons (Fsp3) is 0.263. The molecule has 136 valence electrons. The summed E-state index contributed by atoms with van der Waals surface area (Å²) in [5, 5.41) is 20.0. The Morgan fingerprint density at radius 1 is 1.27 bits per heavy atom. The summed E-state index contributed by atoms with van der Waals surface area (Å²) in [6.07, 6.45) is 0. The van der Waals surface area contributed by atoms with Gasteiger partial charge in [-0.15, -0.1) is 11.3 Å². The molecule has 0 fully saturated rings. The van der Waals surface area contributed by atoms with Crippen LogP contribution in [0, 0.1) is 0 Å². The van der Waals surface area contributed by atoms with Crippen molar-refractivity contribution in [3.05, 3.63) is 47.8 Å². The molecule has 0 saturated heterocycles. The second-order valence-corrected chi connectivity index (χ2v) is 6.59. The topological polar surface area (TPSA) is 83.5 Å². The molecule has 1 amide bonds. The van der Waals surface area contributed by atoms with Crippen LogP contribution in [0.1, 0.15) is 0 Å². The quantitative estimate of drug-likeness (QED) is 0.530. The number of rotatable bonds is 8. The van der Waals surface area contributed by atoms with Crippen molar-refractivity contribution in [3.63, 3.8) is 0 Å². The monoisotopic (exact) mass is 371 g/mol. The van der Waals surface area contributed by atoms with Gasteiger partial charge in [-0.1, -0.05) is 42.5 Å². The van der Waals surface area contributed by atoms with Crippen LogP contribution in [0.3, 0.4) is 0 Å². The highest BCUT2D eigenvalue weighted by atomic mass is 32.1. The summed E-state index contributed by atoms with van der Waals surface area (Å²) in [6, 6.07) is 13.5. The zero-order chi connectivity index (χ0) is 18.4. The number of methoxy groups -OCH3 is 1. The summed E-state index contributed by atoms with van der Waals surface area (Å²) < 4.78 is 4.90. The van der Waals surface area contributed by atoms with Crippen LogP contribution in [-0.4, -0.2) is 48.9 Å². The average molecular weight is 371 g/mol. The van der Waals surface area contributed by atoms with Gasteiger partial charge in [0.1, 0.15) is 6.04 Å². The number of carbonyl (C=O) groups is 1.